The van der Waals surface area contributed by atoms with Crippen LogP contribution in [0.5, 0.6) is 0 Å². The number of benzene rings is 1. The largest absolute Gasteiger partial charge is 0.300 e. The van der Waals surface area contributed by atoms with Crippen molar-refractivity contribution in [3.63, 3.8) is 0 Å². The number of nitrogens with one attached hydrogen (secondary N) is 1. The average molecular weight is 330 g/mol. The monoisotopic (exact) mass is 329 g/mol. The molecule has 1 aliphatic rings. The van der Waals surface area contributed by atoms with Crippen LogP contribution in [0, 0.1) is 6.92 Å². The summed E-state index contributed by atoms with van der Waals surface area (Å²) in [6.07, 6.45) is 5.19. The van der Waals surface area contributed by atoms with E-state index in [1.807, 2.05) is 37.3 Å². The number of hydrogen-bond donors (Lipinski definition) is 1. The number of carbonyl (C=O) groups excluding carboxylic acids is 1. The molecule has 0 aliphatic carbocycles. The van der Waals surface area contributed by atoms with Gasteiger partial charge in [-0.3, -0.25) is 9.78 Å². The molecule has 1 N–H and O–H groups in total. The van der Waals surface area contributed by atoms with Gasteiger partial charge < -0.3 is 5.32 Å². The Morgan fingerprint density at radius 3 is 2.82 bits per heavy atom. The number of amidine groups is 1. The molecule has 1 aromatic carbocycles. The predicted molar refractivity (Wildman–Crippen MR) is 91.2 cm³/mol. The summed E-state index contributed by atoms with van der Waals surface area (Å²) in [6.45, 7) is 1.95. The summed E-state index contributed by atoms with van der Waals surface area (Å²) < 4.78 is 0. The van der Waals surface area contributed by atoms with Gasteiger partial charge in [0.05, 0.1) is 10.6 Å². The first-order valence-corrected chi connectivity index (χ1v) is 7.77. The van der Waals surface area contributed by atoms with Crippen LogP contribution in [0.25, 0.3) is 6.08 Å². The lowest BCUT2D eigenvalue weighted by atomic mass is 10.2. The van der Waals surface area contributed by atoms with Crippen LogP contribution < -0.4 is 5.32 Å². The zero-order valence-corrected chi connectivity index (χ0v) is 13.3. The quantitative estimate of drug-likeness (QED) is 0.849. The predicted octanol–water partition coefficient (Wildman–Crippen LogP) is 3.94. The summed E-state index contributed by atoms with van der Waals surface area (Å²) in [7, 11) is 0. The Labute approximate surface area is 137 Å². The molecule has 22 heavy (non-hydrogen) atoms. The second kappa shape index (κ2) is 6.34. The van der Waals surface area contributed by atoms with Gasteiger partial charge in [-0.25, -0.2) is 4.99 Å². The molecule has 6 heteroatoms. The Kier molecular flexibility index (Phi) is 4.27. The van der Waals surface area contributed by atoms with Crippen molar-refractivity contribution in [3.05, 3.63) is 63.8 Å². The number of rotatable bonds is 2. The Hall–Kier alpha value is -2.11. The summed E-state index contributed by atoms with van der Waals surface area (Å²) in [5.41, 5.74) is 2.67. The minimum Gasteiger partial charge on any atom is -0.300 e. The standard InChI is InChI=1S/C16H12ClN3OS/c1-10-2-3-12(17)9-13(10)19-16-20-15(21)14(22-16)8-11-4-6-18-7-5-11/h2-9H,1H3,(H,19,20,21)/b14-8-. The molecule has 4 nitrogen and oxygen atoms in total. The Balaban J connectivity index is 1.87. The summed E-state index contributed by atoms with van der Waals surface area (Å²) in [4.78, 5) is 21.0. The van der Waals surface area contributed by atoms with E-state index in [2.05, 4.69) is 15.3 Å². The zero-order valence-electron chi connectivity index (χ0n) is 11.7. The van der Waals surface area contributed by atoms with Crippen LogP contribution in [0.2, 0.25) is 5.02 Å². The molecule has 1 amide bonds. The summed E-state index contributed by atoms with van der Waals surface area (Å²) in [6, 6.07) is 9.18. The first kappa shape index (κ1) is 14.8. The number of pyridine rings is 1. The molecular weight excluding hydrogens is 318 g/mol. The summed E-state index contributed by atoms with van der Waals surface area (Å²) in [5, 5.41) is 3.94. The van der Waals surface area contributed by atoms with Crippen LogP contribution >= 0.6 is 23.4 Å². The Morgan fingerprint density at radius 1 is 1.27 bits per heavy atom. The molecule has 1 aliphatic heterocycles. The van der Waals surface area contributed by atoms with Crippen molar-refractivity contribution in [2.45, 2.75) is 6.92 Å². The van der Waals surface area contributed by atoms with Crippen LogP contribution in [0.3, 0.4) is 0 Å². The van der Waals surface area contributed by atoms with Gasteiger partial charge in [0.2, 0.25) is 0 Å². The van der Waals surface area contributed by atoms with Crippen molar-refractivity contribution in [3.8, 4) is 0 Å². The zero-order chi connectivity index (χ0) is 15.5. The van der Waals surface area contributed by atoms with Gasteiger partial charge in [0.25, 0.3) is 5.91 Å². The van der Waals surface area contributed by atoms with Crippen LogP contribution in [0.1, 0.15) is 11.1 Å². The van der Waals surface area contributed by atoms with Crippen LogP contribution in [0.15, 0.2) is 52.6 Å². The minimum atomic E-state index is -0.153. The van der Waals surface area contributed by atoms with Crippen molar-refractivity contribution in [1.29, 1.82) is 0 Å². The number of nitrogens with zero attached hydrogens (tertiary/aromatic N) is 2. The molecule has 110 valence electrons. The van der Waals surface area contributed by atoms with Crippen LogP contribution in [-0.2, 0) is 4.79 Å². The second-order valence-electron chi connectivity index (χ2n) is 4.69. The van der Waals surface area contributed by atoms with Crippen molar-refractivity contribution in [1.82, 2.24) is 10.3 Å². The molecule has 0 unspecified atom stereocenters. The number of aryl methyl sites for hydroxylation is 1. The number of hydrogen-bond acceptors (Lipinski definition) is 4. The number of halogens is 1. The van der Waals surface area contributed by atoms with Gasteiger partial charge in [-0.1, -0.05) is 17.7 Å². The summed E-state index contributed by atoms with van der Waals surface area (Å²) in [5.74, 6) is -0.153. The number of carbonyl (C=O) groups is 1. The molecule has 3 rings (SSSR count). The lowest BCUT2D eigenvalue weighted by molar-refractivity contribution is -0.115. The van der Waals surface area contributed by atoms with Gasteiger partial charge in [-0.15, -0.1) is 0 Å². The van der Waals surface area contributed by atoms with E-state index in [9.17, 15) is 4.79 Å². The van der Waals surface area contributed by atoms with Crippen molar-refractivity contribution in [2.75, 3.05) is 0 Å². The van der Waals surface area contributed by atoms with E-state index in [0.717, 1.165) is 16.8 Å². The van der Waals surface area contributed by atoms with Gasteiger partial charge >= 0.3 is 0 Å². The van der Waals surface area contributed by atoms with Gasteiger partial charge in [0.1, 0.15) is 0 Å². The average Bonchev–Trinajstić information content (AvgIpc) is 2.84. The molecule has 2 heterocycles. The van der Waals surface area contributed by atoms with Gasteiger partial charge in [0, 0.05) is 17.4 Å². The molecular formula is C16H12ClN3OS. The van der Waals surface area contributed by atoms with Crippen LogP contribution in [-0.4, -0.2) is 16.1 Å². The van der Waals surface area contributed by atoms with Crippen molar-refractivity contribution < 1.29 is 4.79 Å². The maximum atomic E-state index is 12.0. The van der Waals surface area contributed by atoms with E-state index in [1.54, 1.807) is 18.5 Å². The van der Waals surface area contributed by atoms with Crippen LogP contribution in [0.4, 0.5) is 5.69 Å². The number of aliphatic imine (C=N–C) groups is 1. The summed E-state index contributed by atoms with van der Waals surface area (Å²) >= 11 is 7.30. The molecule has 1 saturated heterocycles. The fourth-order valence-electron chi connectivity index (χ4n) is 1.90. The fourth-order valence-corrected chi connectivity index (χ4v) is 2.91. The lowest BCUT2D eigenvalue weighted by Gasteiger charge is -2.01. The second-order valence-corrected chi connectivity index (χ2v) is 6.16. The fraction of sp³-hybridized carbons (Fsp3) is 0.0625. The highest BCUT2D eigenvalue weighted by Gasteiger charge is 2.23. The molecule has 1 fully saturated rings. The molecule has 1 aromatic heterocycles. The molecule has 0 spiro atoms. The van der Waals surface area contributed by atoms with E-state index in [1.165, 1.54) is 11.8 Å². The molecule has 0 radical (unpaired) electrons. The van der Waals surface area contributed by atoms with E-state index in [-0.39, 0.29) is 5.91 Å². The third kappa shape index (κ3) is 3.37. The van der Waals surface area contributed by atoms with Gasteiger partial charge in [-0.2, -0.15) is 0 Å². The first-order chi connectivity index (χ1) is 10.6. The van der Waals surface area contributed by atoms with E-state index in [0.29, 0.717) is 15.1 Å². The highest BCUT2D eigenvalue weighted by molar-refractivity contribution is 8.18. The topological polar surface area (TPSA) is 54.4 Å². The maximum absolute atomic E-state index is 12.0. The van der Waals surface area contributed by atoms with E-state index in [4.69, 9.17) is 11.6 Å². The Bertz CT molecular complexity index is 787. The maximum Gasteiger partial charge on any atom is 0.264 e. The lowest BCUT2D eigenvalue weighted by Crippen LogP contribution is -2.19. The SMILES string of the molecule is Cc1ccc(Cl)cc1N=C1NC(=O)/C(=C/c2ccncc2)S1. The van der Waals surface area contributed by atoms with E-state index >= 15 is 0 Å². The number of amides is 1. The third-order valence-electron chi connectivity index (χ3n) is 3.05. The van der Waals surface area contributed by atoms with Gasteiger partial charge in [0.15, 0.2) is 5.17 Å². The minimum absolute atomic E-state index is 0.153. The Morgan fingerprint density at radius 2 is 2.05 bits per heavy atom. The molecule has 2 aromatic rings. The molecule has 0 saturated carbocycles. The molecule has 0 atom stereocenters. The number of thioether (sulfide) groups is 1. The number of aromatic nitrogens is 1. The highest BCUT2D eigenvalue weighted by Crippen LogP contribution is 2.30. The normalized spacial score (nSPS) is 18.0. The smallest absolute Gasteiger partial charge is 0.264 e. The van der Waals surface area contributed by atoms with E-state index < -0.39 is 0 Å². The van der Waals surface area contributed by atoms with Crippen molar-refractivity contribution in [2.24, 2.45) is 4.99 Å². The van der Waals surface area contributed by atoms with Gasteiger partial charge in [-0.05, 0) is 60.2 Å². The third-order valence-corrected chi connectivity index (χ3v) is 4.19. The first-order valence-electron chi connectivity index (χ1n) is 6.57. The highest BCUT2D eigenvalue weighted by atomic mass is 35.5. The molecule has 0 bridgehead atoms. The van der Waals surface area contributed by atoms with Crippen molar-refractivity contribution >= 4 is 46.2 Å².